The average Bonchev–Trinajstić information content (AvgIpc) is 3.47. The quantitative estimate of drug-likeness (QED) is 0.549. The van der Waals surface area contributed by atoms with Crippen LogP contribution in [0.1, 0.15) is 22.8 Å². The van der Waals surface area contributed by atoms with Gasteiger partial charge in [0.05, 0.1) is 24.0 Å². The summed E-state index contributed by atoms with van der Waals surface area (Å²) in [6.45, 7) is 1.33. The van der Waals surface area contributed by atoms with Gasteiger partial charge in [-0.1, -0.05) is 35.5 Å². The van der Waals surface area contributed by atoms with E-state index in [0.717, 1.165) is 40.4 Å². The second kappa shape index (κ2) is 6.55. The maximum atomic E-state index is 12.9. The van der Waals surface area contributed by atoms with E-state index >= 15 is 0 Å². The van der Waals surface area contributed by atoms with Crippen LogP contribution in [-0.2, 0) is 0 Å². The molecule has 7 nitrogen and oxygen atoms in total. The molecule has 0 N–H and O–H groups in total. The van der Waals surface area contributed by atoms with E-state index in [1.54, 1.807) is 0 Å². The molecule has 1 atom stereocenters. The lowest BCUT2D eigenvalue weighted by Crippen LogP contribution is -2.29. The minimum Gasteiger partial charge on any atom is -0.336 e. The van der Waals surface area contributed by atoms with Gasteiger partial charge in [-0.2, -0.15) is 8.75 Å². The smallest absolute Gasteiger partial charge is 0.254 e. The van der Waals surface area contributed by atoms with Gasteiger partial charge in [0.15, 0.2) is 0 Å². The van der Waals surface area contributed by atoms with Crippen LogP contribution in [0.5, 0.6) is 0 Å². The molecule has 1 unspecified atom stereocenters. The third-order valence-electron chi connectivity index (χ3n) is 4.91. The molecule has 0 aliphatic carbocycles. The highest BCUT2D eigenvalue weighted by Crippen LogP contribution is 2.25. The maximum Gasteiger partial charge on any atom is 0.254 e. The van der Waals surface area contributed by atoms with Crippen molar-refractivity contribution < 1.29 is 4.79 Å². The number of aromatic nitrogens is 5. The Morgan fingerprint density at radius 3 is 2.81 bits per heavy atom. The summed E-state index contributed by atoms with van der Waals surface area (Å²) in [5, 5.41) is 8.57. The molecule has 4 aromatic rings. The Bertz CT molecular complexity index is 1110. The molecule has 27 heavy (non-hydrogen) atoms. The number of rotatable bonds is 3. The molecule has 1 fully saturated rings. The van der Waals surface area contributed by atoms with E-state index in [4.69, 9.17) is 0 Å². The van der Waals surface area contributed by atoms with Crippen LogP contribution < -0.4 is 0 Å². The zero-order valence-electron chi connectivity index (χ0n) is 14.4. The molecule has 0 bridgehead atoms. The van der Waals surface area contributed by atoms with Crippen LogP contribution in [0.25, 0.3) is 22.3 Å². The fourth-order valence-electron chi connectivity index (χ4n) is 3.44. The topological polar surface area (TPSA) is 76.8 Å². The Morgan fingerprint density at radius 1 is 1.07 bits per heavy atom. The minimum atomic E-state index is 0.0239. The SMILES string of the molecule is O=C(c1ccc2nsnc2c1)N1CCC(n2cc(-c3ccccc3)nn2)C1. The Kier molecular flexibility index (Phi) is 3.90. The summed E-state index contributed by atoms with van der Waals surface area (Å²) in [6, 6.07) is 15.6. The van der Waals surface area contributed by atoms with E-state index in [1.165, 1.54) is 0 Å². The van der Waals surface area contributed by atoms with Gasteiger partial charge >= 0.3 is 0 Å². The zero-order valence-corrected chi connectivity index (χ0v) is 15.2. The Balaban J connectivity index is 1.32. The molecule has 3 heterocycles. The monoisotopic (exact) mass is 376 g/mol. The van der Waals surface area contributed by atoms with Gasteiger partial charge in [-0.05, 0) is 24.6 Å². The summed E-state index contributed by atoms with van der Waals surface area (Å²) in [6.07, 6.45) is 2.82. The molecule has 1 amide bonds. The molecule has 1 aliphatic heterocycles. The van der Waals surface area contributed by atoms with Crippen molar-refractivity contribution in [2.24, 2.45) is 0 Å². The first kappa shape index (κ1) is 16.1. The fourth-order valence-corrected chi connectivity index (χ4v) is 3.95. The van der Waals surface area contributed by atoms with Crippen LogP contribution in [0.2, 0.25) is 0 Å². The number of carbonyl (C=O) groups is 1. The maximum absolute atomic E-state index is 12.9. The molecule has 5 rings (SSSR count). The van der Waals surface area contributed by atoms with Gasteiger partial charge in [0.25, 0.3) is 5.91 Å². The number of carbonyl (C=O) groups excluding carboxylic acids is 1. The predicted molar refractivity (Wildman–Crippen MR) is 102 cm³/mol. The molecule has 2 aromatic heterocycles. The van der Waals surface area contributed by atoms with Crippen LogP contribution in [0.15, 0.2) is 54.7 Å². The number of fused-ring (bicyclic) bond motifs is 1. The van der Waals surface area contributed by atoms with Gasteiger partial charge in [-0.25, -0.2) is 4.68 Å². The average molecular weight is 376 g/mol. The molecule has 8 heteroatoms. The van der Waals surface area contributed by atoms with Crippen molar-refractivity contribution in [2.45, 2.75) is 12.5 Å². The summed E-state index contributed by atoms with van der Waals surface area (Å²) in [4.78, 5) is 14.7. The van der Waals surface area contributed by atoms with Gasteiger partial charge in [0.1, 0.15) is 16.7 Å². The number of hydrogen-bond acceptors (Lipinski definition) is 6. The minimum absolute atomic E-state index is 0.0239. The van der Waals surface area contributed by atoms with Gasteiger partial charge < -0.3 is 4.90 Å². The Labute approximate surface area is 159 Å². The molecular weight excluding hydrogens is 360 g/mol. The lowest BCUT2D eigenvalue weighted by molar-refractivity contribution is 0.0787. The molecule has 1 saturated heterocycles. The summed E-state index contributed by atoms with van der Waals surface area (Å²) in [5.74, 6) is 0.0239. The van der Waals surface area contributed by atoms with Crippen LogP contribution in [-0.4, -0.2) is 47.6 Å². The van der Waals surface area contributed by atoms with Crippen LogP contribution in [0, 0.1) is 0 Å². The first-order chi connectivity index (χ1) is 13.3. The van der Waals surface area contributed by atoms with Crippen molar-refractivity contribution in [3.8, 4) is 11.3 Å². The molecule has 134 valence electrons. The van der Waals surface area contributed by atoms with Crippen molar-refractivity contribution in [2.75, 3.05) is 13.1 Å². The first-order valence-corrected chi connectivity index (χ1v) is 9.50. The Morgan fingerprint density at radius 2 is 1.93 bits per heavy atom. The number of amides is 1. The van der Waals surface area contributed by atoms with Gasteiger partial charge in [-0.15, -0.1) is 5.10 Å². The lowest BCUT2D eigenvalue weighted by atomic mass is 10.2. The van der Waals surface area contributed by atoms with Gasteiger partial charge in [-0.3, -0.25) is 4.79 Å². The number of nitrogens with zero attached hydrogens (tertiary/aromatic N) is 6. The molecule has 0 radical (unpaired) electrons. The number of hydrogen-bond donors (Lipinski definition) is 0. The molecule has 2 aromatic carbocycles. The highest BCUT2D eigenvalue weighted by Gasteiger charge is 2.29. The standard InChI is InChI=1S/C19H16N6OS/c26-19(14-6-7-16-17(10-14)22-27-21-16)24-9-8-15(11-24)25-12-18(20-23-25)13-4-2-1-3-5-13/h1-7,10,12,15H,8-9,11H2. The van der Waals surface area contributed by atoms with Crippen molar-refractivity contribution in [1.29, 1.82) is 0 Å². The van der Waals surface area contributed by atoms with Crippen molar-refractivity contribution in [3.63, 3.8) is 0 Å². The molecule has 0 saturated carbocycles. The summed E-state index contributed by atoms with van der Waals surface area (Å²) in [7, 11) is 0. The Hall–Kier alpha value is -3.13. The summed E-state index contributed by atoms with van der Waals surface area (Å²) in [5.41, 5.74) is 4.14. The van der Waals surface area contributed by atoms with Crippen LogP contribution in [0.4, 0.5) is 0 Å². The second-order valence-corrected chi connectivity index (χ2v) is 7.14. The largest absolute Gasteiger partial charge is 0.336 e. The van der Waals surface area contributed by atoms with Crippen molar-refractivity contribution in [3.05, 3.63) is 60.3 Å². The fraction of sp³-hybridized carbons (Fsp3) is 0.211. The van der Waals surface area contributed by atoms with Crippen molar-refractivity contribution in [1.82, 2.24) is 28.6 Å². The van der Waals surface area contributed by atoms with Crippen LogP contribution >= 0.6 is 11.7 Å². The molecule has 0 spiro atoms. The van der Waals surface area contributed by atoms with E-state index in [0.29, 0.717) is 18.7 Å². The zero-order chi connectivity index (χ0) is 18.2. The molecule has 1 aliphatic rings. The molecular formula is C19H16N6OS. The van der Waals surface area contributed by atoms with E-state index in [2.05, 4.69) is 19.1 Å². The summed E-state index contributed by atoms with van der Waals surface area (Å²) < 4.78 is 10.3. The second-order valence-electron chi connectivity index (χ2n) is 6.61. The van der Waals surface area contributed by atoms with Crippen molar-refractivity contribution >= 4 is 28.7 Å². The highest BCUT2D eigenvalue weighted by molar-refractivity contribution is 7.00. The van der Waals surface area contributed by atoms with E-state index in [-0.39, 0.29) is 11.9 Å². The normalized spacial score (nSPS) is 16.9. The van der Waals surface area contributed by atoms with E-state index in [9.17, 15) is 4.79 Å². The predicted octanol–water partition coefficient (Wildman–Crippen LogP) is 3.04. The first-order valence-electron chi connectivity index (χ1n) is 8.77. The third kappa shape index (κ3) is 2.97. The number of benzene rings is 2. The van der Waals surface area contributed by atoms with Gasteiger partial charge in [0.2, 0.25) is 0 Å². The lowest BCUT2D eigenvalue weighted by Gasteiger charge is -2.16. The highest BCUT2D eigenvalue weighted by atomic mass is 32.1. The van der Waals surface area contributed by atoms with E-state index in [1.807, 2.05) is 64.3 Å². The third-order valence-corrected chi connectivity index (χ3v) is 5.46. The van der Waals surface area contributed by atoms with Crippen LogP contribution in [0.3, 0.4) is 0 Å². The number of likely N-dealkylation sites (tertiary alicyclic amines) is 1. The van der Waals surface area contributed by atoms with E-state index < -0.39 is 0 Å². The summed E-state index contributed by atoms with van der Waals surface area (Å²) >= 11 is 1.16. The van der Waals surface area contributed by atoms with Gasteiger partial charge in [0, 0.05) is 24.2 Å².